The summed E-state index contributed by atoms with van der Waals surface area (Å²) in [5.74, 6) is 0.874. The lowest BCUT2D eigenvalue weighted by molar-refractivity contribution is -0.122. The monoisotopic (exact) mass is 198 g/mol. The summed E-state index contributed by atoms with van der Waals surface area (Å²) in [5.41, 5.74) is 0. The third kappa shape index (κ3) is 4.09. The van der Waals surface area contributed by atoms with Gasteiger partial charge in [-0.05, 0) is 32.7 Å². The number of hydrogen-bond acceptors (Lipinski definition) is 2. The molecule has 0 bridgehead atoms. The normalized spacial score (nSPS) is 19.6. The quantitative estimate of drug-likeness (QED) is 0.699. The molecule has 1 atom stereocenters. The van der Waals surface area contributed by atoms with Gasteiger partial charge >= 0.3 is 0 Å². The summed E-state index contributed by atoms with van der Waals surface area (Å²) in [6.07, 6.45) is 5.84. The Bertz CT molecular complexity index is 176. The van der Waals surface area contributed by atoms with E-state index in [1.165, 1.54) is 25.7 Å². The third-order valence-electron chi connectivity index (χ3n) is 3.05. The van der Waals surface area contributed by atoms with Gasteiger partial charge in [-0.15, -0.1) is 0 Å². The molecule has 3 heteroatoms. The zero-order valence-corrected chi connectivity index (χ0v) is 9.31. The van der Waals surface area contributed by atoms with Gasteiger partial charge in [0.2, 0.25) is 5.91 Å². The molecule has 3 nitrogen and oxygen atoms in total. The molecule has 1 unspecified atom stereocenters. The van der Waals surface area contributed by atoms with Crippen molar-refractivity contribution in [3.8, 4) is 0 Å². The number of nitrogens with one attached hydrogen (secondary N) is 2. The minimum atomic E-state index is 0.221. The molecule has 2 N–H and O–H groups in total. The lowest BCUT2D eigenvalue weighted by atomic mass is 10.0. The topological polar surface area (TPSA) is 41.1 Å². The van der Waals surface area contributed by atoms with Gasteiger partial charge in [0.1, 0.15) is 0 Å². The van der Waals surface area contributed by atoms with Gasteiger partial charge in [-0.2, -0.15) is 0 Å². The highest BCUT2D eigenvalue weighted by molar-refractivity contribution is 5.76. The molecule has 1 fully saturated rings. The minimum absolute atomic E-state index is 0.221. The first kappa shape index (κ1) is 11.5. The number of hydrogen-bond donors (Lipinski definition) is 2. The van der Waals surface area contributed by atoms with E-state index in [-0.39, 0.29) is 5.91 Å². The number of carbonyl (C=O) groups is 1. The Labute approximate surface area is 86.6 Å². The molecule has 0 spiro atoms. The summed E-state index contributed by atoms with van der Waals surface area (Å²) < 4.78 is 0. The van der Waals surface area contributed by atoms with E-state index < -0.39 is 0 Å². The van der Waals surface area contributed by atoms with Crippen LogP contribution in [0.5, 0.6) is 0 Å². The maximum absolute atomic E-state index is 11.5. The van der Waals surface area contributed by atoms with E-state index in [4.69, 9.17) is 0 Å². The zero-order valence-electron chi connectivity index (χ0n) is 9.31. The Morgan fingerprint density at radius 1 is 1.43 bits per heavy atom. The lowest BCUT2D eigenvalue weighted by Gasteiger charge is -2.13. The van der Waals surface area contributed by atoms with Gasteiger partial charge in [0, 0.05) is 19.0 Å². The van der Waals surface area contributed by atoms with Crippen molar-refractivity contribution < 1.29 is 4.79 Å². The first-order valence-electron chi connectivity index (χ1n) is 5.66. The molecule has 1 amide bonds. The fourth-order valence-corrected chi connectivity index (χ4v) is 1.92. The van der Waals surface area contributed by atoms with Gasteiger partial charge in [-0.25, -0.2) is 0 Å². The second kappa shape index (κ2) is 6.02. The van der Waals surface area contributed by atoms with Crippen LogP contribution in [0.4, 0.5) is 0 Å². The molecular weight excluding hydrogens is 176 g/mol. The van der Waals surface area contributed by atoms with Crippen molar-refractivity contribution in [2.75, 3.05) is 13.6 Å². The SMILES string of the molecule is CNC(C)CNC(=O)CC1CCCC1. The Morgan fingerprint density at radius 3 is 2.64 bits per heavy atom. The molecule has 0 aromatic carbocycles. The minimum Gasteiger partial charge on any atom is -0.355 e. The van der Waals surface area contributed by atoms with E-state index in [0.29, 0.717) is 12.0 Å². The third-order valence-corrected chi connectivity index (χ3v) is 3.05. The molecule has 82 valence electrons. The highest BCUT2D eigenvalue weighted by Crippen LogP contribution is 2.27. The van der Waals surface area contributed by atoms with Crippen molar-refractivity contribution in [3.63, 3.8) is 0 Å². The van der Waals surface area contributed by atoms with Gasteiger partial charge in [-0.1, -0.05) is 12.8 Å². The number of carbonyl (C=O) groups excluding carboxylic acids is 1. The molecule has 14 heavy (non-hydrogen) atoms. The van der Waals surface area contributed by atoms with Crippen molar-refractivity contribution in [2.24, 2.45) is 5.92 Å². The Kier molecular flexibility index (Phi) is 4.94. The van der Waals surface area contributed by atoms with Gasteiger partial charge < -0.3 is 10.6 Å². The molecule has 1 aliphatic carbocycles. The van der Waals surface area contributed by atoms with E-state index in [1.807, 2.05) is 7.05 Å². The van der Waals surface area contributed by atoms with Crippen LogP contribution in [0, 0.1) is 5.92 Å². The standard InChI is InChI=1S/C11H22N2O/c1-9(12-2)8-13-11(14)7-10-5-3-4-6-10/h9-10,12H,3-8H2,1-2H3,(H,13,14). The molecule has 0 aromatic heterocycles. The van der Waals surface area contributed by atoms with Crippen molar-refractivity contribution in [3.05, 3.63) is 0 Å². The van der Waals surface area contributed by atoms with Crippen LogP contribution >= 0.6 is 0 Å². The molecule has 0 aromatic rings. The molecule has 1 rings (SSSR count). The van der Waals surface area contributed by atoms with Crippen LogP contribution < -0.4 is 10.6 Å². The fourth-order valence-electron chi connectivity index (χ4n) is 1.92. The fraction of sp³-hybridized carbons (Fsp3) is 0.909. The van der Waals surface area contributed by atoms with Crippen LogP contribution in [0.2, 0.25) is 0 Å². The van der Waals surface area contributed by atoms with Crippen LogP contribution in [0.1, 0.15) is 39.0 Å². The maximum atomic E-state index is 11.5. The molecule has 0 aliphatic heterocycles. The summed E-state index contributed by atoms with van der Waals surface area (Å²) in [5, 5.41) is 6.06. The number of likely N-dealkylation sites (N-methyl/N-ethyl adjacent to an activating group) is 1. The second-order valence-electron chi connectivity index (χ2n) is 4.35. The summed E-state index contributed by atoms with van der Waals surface area (Å²) >= 11 is 0. The Hall–Kier alpha value is -0.570. The summed E-state index contributed by atoms with van der Waals surface area (Å²) in [6.45, 7) is 2.80. The maximum Gasteiger partial charge on any atom is 0.220 e. The van der Waals surface area contributed by atoms with Crippen molar-refractivity contribution in [2.45, 2.75) is 45.1 Å². The van der Waals surface area contributed by atoms with Crippen molar-refractivity contribution in [1.82, 2.24) is 10.6 Å². The zero-order chi connectivity index (χ0) is 10.4. The first-order valence-corrected chi connectivity index (χ1v) is 5.66. The van der Waals surface area contributed by atoms with E-state index in [2.05, 4.69) is 17.6 Å². The van der Waals surface area contributed by atoms with Crippen molar-refractivity contribution in [1.29, 1.82) is 0 Å². The number of amides is 1. The summed E-state index contributed by atoms with van der Waals surface area (Å²) in [7, 11) is 1.91. The van der Waals surface area contributed by atoms with E-state index in [0.717, 1.165) is 13.0 Å². The predicted molar refractivity (Wildman–Crippen MR) is 58.1 cm³/mol. The van der Waals surface area contributed by atoms with Gasteiger partial charge in [0.15, 0.2) is 0 Å². The van der Waals surface area contributed by atoms with Crippen LogP contribution in [0.25, 0.3) is 0 Å². The summed E-state index contributed by atoms with van der Waals surface area (Å²) in [6, 6.07) is 0.363. The highest BCUT2D eigenvalue weighted by atomic mass is 16.1. The molecule has 0 heterocycles. The average molecular weight is 198 g/mol. The molecular formula is C11H22N2O. The molecule has 0 radical (unpaired) electrons. The first-order chi connectivity index (χ1) is 6.72. The number of rotatable bonds is 5. The predicted octanol–water partition coefficient (Wildman–Crippen LogP) is 1.29. The van der Waals surface area contributed by atoms with Gasteiger partial charge in [-0.3, -0.25) is 4.79 Å². The molecule has 1 aliphatic rings. The Morgan fingerprint density at radius 2 is 2.07 bits per heavy atom. The Balaban J connectivity index is 2.09. The smallest absolute Gasteiger partial charge is 0.220 e. The lowest BCUT2D eigenvalue weighted by Crippen LogP contribution is -2.37. The summed E-state index contributed by atoms with van der Waals surface area (Å²) in [4.78, 5) is 11.5. The second-order valence-corrected chi connectivity index (χ2v) is 4.35. The molecule has 0 saturated heterocycles. The largest absolute Gasteiger partial charge is 0.355 e. The average Bonchev–Trinajstić information content (AvgIpc) is 2.66. The van der Waals surface area contributed by atoms with Gasteiger partial charge in [0.05, 0.1) is 0 Å². The molecule has 1 saturated carbocycles. The van der Waals surface area contributed by atoms with E-state index in [1.54, 1.807) is 0 Å². The van der Waals surface area contributed by atoms with Crippen LogP contribution in [-0.4, -0.2) is 25.5 Å². The van der Waals surface area contributed by atoms with Crippen LogP contribution in [0.15, 0.2) is 0 Å². The van der Waals surface area contributed by atoms with Crippen LogP contribution in [-0.2, 0) is 4.79 Å². The van der Waals surface area contributed by atoms with Crippen LogP contribution in [0.3, 0.4) is 0 Å². The highest BCUT2D eigenvalue weighted by Gasteiger charge is 2.18. The van der Waals surface area contributed by atoms with E-state index in [9.17, 15) is 4.79 Å². The van der Waals surface area contributed by atoms with Gasteiger partial charge in [0.25, 0.3) is 0 Å². The van der Waals surface area contributed by atoms with E-state index >= 15 is 0 Å². The van der Waals surface area contributed by atoms with Crippen molar-refractivity contribution >= 4 is 5.91 Å².